The summed E-state index contributed by atoms with van der Waals surface area (Å²) in [6, 6.07) is 8.55. The predicted octanol–water partition coefficient (Wildman–Crippen LogP) is 2.52. The Balaban J connectivity index is 1.78. The highest BCUT2D eigenvalue weighted by Gasteiger charge is 2.00. The van der Waals surface area contributed by atoms with Gasteiger partial charge in [-0.25, -0.2) is 0 Å². The third kappa shape index (κ3) is 1.97. The fourth-order valence-corrected chi connectivity index (χ4v) is 2.16. The van der Waals surface area contributed by atoms with Gasteiger partial charge in [-0.1, -0.05) is 0 Å². The van der Waals surface area contributed by atoms with Gasteiger partial charge in [-0.3, -0.25) is 4.68 Å². The number of rotatable bonds is 3. The molecule has 0 atom stereocenters. The number of hydrogen-bond donors (Lipinski definition) is 1. The summed E-state index contributed by atoms with van der Waals surface area (Å²) in [5.74, 6) is 0. The number of nitrogens with one attached hydrogen (secondary N) is 1. The lowest BCUT2D eigenvalue weighted by atomic mass is 10.2. The van der Waals surface area contributed by atoms with Crippen molar-refractivity contribution in [2.45, 2.75) is 6.54 Å². The minimum atomic E-state index is 0.798. The molecule has 0 bridgehead atoms. The zero-order valence-corrected chi connectivity index (χ0v) is 10.6. The van der Waals surface area contributed by atoms with Crippen molar-refractivity contribution in [3.05, 3.63) is 48.4 Å². The average molecular weight is 240 g/mol. The SMILES string of the molecule is Cn1cc(CNc2ccc3c(ccn3C)c2)cn1. The van der Waals surface area contributed by atoms with E-state index in [-0.39, 0.29) is 0 Å². The highest BCUT2D eigenvalue weighted by Crippen LogP contribution is 2.20. The Labute approximate surface area is 106 Å². The number of benzene rings is 1. The maximum Gasteiger partial charge on any atom is 0.0539 e. The lowest BCUT2D eigenvalue weighted by Crippen LogP contribution is -1.98. The largest absolute Gasteiger partial charge is 0.381 e. The fraction of sp³-hybridized carbons (Fsp3) is 0.214. The third-order valence-electron chi connectivity index (χ3n) is 3.14. The lowest BCUT2D eigenvalue weighted by Gasteiger charge is -2.05. The summed E-state index contributed by atoms with van der Waals surface area (Å²) in [5, 5.41) is 8.83. The zero-order valence-electron chi connectivity index (χ0n) is 10.6. The van der Waals surface area contributed by atoms with Crippen LogP contribution < -0.4 is 5.32 Å². The van der Waals surface area contributed by atoms with E-state index in [9.17, 15) is 0 Å². The molecule has 0 amide bonds. The Kier molecular flexibility index (Phi) is 2.55. The molecule has 0 spiro atoms. The first-order chi connectivity index (χ1) is 8.72. The second kappa shape index (κ2) is 4.22. The van der Waals surface area contributed by atoms with Crippen LogP contribution in [0.4, 0.5) is 5.69 Å². The van der Waals surface area contributed by atoms with Crippen molar-refractivity contribution >= 4 is 16.6 Å². The van der Waals surface area contributed by atoms with Gasteiger partial charge in [-0.05, 0) is 24.3 Å². The molecule has 2 heterocycles. The van der Waals surface area contributed by atoms with Crippen LogP contribution in [0.1, 0.15) is 5.56 Å². The normalized spacial score (nSPS) is 11.0. The minimum Gasteiger partial charge on any atom is -0.381 e. The number of aromatic nitrogens is 3. The zero-order chi connectivity index (χ0) is 12.5. The van der Waals surface area contributed by atoms with Crippen LogP contribution in [0.5, 0.6) is 0 Å². The molecule has 3 aromatic rings. The van der Waals surface area contributed by atoms with Crippen LogP contribution in [0.25, 0.3) is 10.9 Å². The maximum absolute atomic E-state index is 4.16. The van der Waals surface area contributed by atoms with Gasteiger partial charge >= 0.3 is 0 Å². The van der Waals surface area contributed by atoms with Crippen LogP contribution in [-0.2, 0) is 20.6 Å². The van der Waals surface area contributed by atoms with Gasteiger partial charge in [0.05, 0.1) is 6.20 Å². The molecular weight excluding hydrogens is 224 g/mol. The molecule has 0 aliphatic heterocycles. The molecule has 4 heteroatoms. The van der Waals surface area contributed by atoms with Gasteiger partial charge in [0, 0.05) is 55.2 Å². The summed E-state index contributed by atoms with van der Waals surface area (Å²) in [6.45, 7) is 0.798. The van der Waals surface area contributed by atoms with Crippen LogP contribution in [0.2, 0.25) is 0 Å². The van der Waals surface area contributed by atoms with Crippen LogP contribution in [0.3, 0.4) is 0 Å². The standard InChI is InChI=1S/C14H16N4/c1-17-6-5-12-7-13(3-4-14(12)17)15-8-11-9-16-18(2)10-11/h3-7,9-10,15H,8H2,1-2H3. The number of fused-ring (bicyclic) bond motifs is 1. The van der Waals surface area contributed by atoms with Crippen LogP contribution in [0.15, 0.2) is 42.9 Å². The molecule has 0 saturated heterocycles. The molecule has 0 aliphatic carbocycles. The molecule has 0 aliphatic rings. The quantitative estimate of drug-likeness (QED) is 0.763. The average Bonchev–Trinajstić information content (AvgIpc) is 2.94. The summed E-state index contributed by atoms with van der Waals surface area (Å²) >= 11 is 0. The molecule has 1 N–H and O–H groups in total. The number of aryl methyl sites for hydroxylation is 2. The maximum atomic E-state index is 4.16. The molecule has 4 nitrogen and oxygen atoms in total. The first kappa shape index (κ1) is 10.9. The summed E-state index contributed by atoms with van der Waals surface area (Å²) in [7, 11) is 3.99. The number of nitrogens with zero attached hydrogens (tertiary/aromatic N) is 3. The fourth-order valence-electron chi connectivity index (χ4n) is 2.16. The van der Waals surface area contributed by atoms with Crippen molar-refractivity contribution in [2.75, 3.05) is 5.32 Å². The second-order valence-electron chi connectivity index (χ2n) is 4.58. The molecular formula is C14H16N4. The van der Waals surface area contributed by atoms with Gasteiger partial charge in [0.25, 0.3) is 0 Å². The van der Waals surface area contributed by atoms with E-state index in [4.69, 9.17) is 0 Å². The van der Waals surface area contributed by atoms with Gasteiger partial charge in [0.1, 0.15) is 0 Å². The highest BCUT2D eigenvalue weighted by atomic mass is 15.2. The van der Waals surface area contributed by atoms with Crippen LogP contribution in [-0.4, -0.2) is 14.3 Å². The molecule has 2 aromatic heterocycles. The van der Waals surface area contributed by atoms with Gasteiger partial charge in [0.15, 0.2) is 0 Å². The lowest BCUT2D eigenvalue weighted by molar-refractivity contribution is 0.767. The second-order valence-corrected chi connectivity index (χ2v) is 4.58. The van der Waals surface area contributed by atoms with Gasteiger partial charge in [-0.2, -0.15) is 5.10 Å². The van der Waals surface area contributed by atoms with E-state index in [1.54, 1.807) is 0 Å². The van der Waals surface area contributed by atoms with Crippen LogP contribution >= 0.6 is 0 Å². The first-order valence-electron chi connectivity index (χ1n) is 5.99. The van der Waals surface area contributed by atoms with Crippen molar-refractivity contribution in [2.24, 2.45) is 14.1 Å². The Bertz CT molecular complexity index is 678. The molecule has 0 saturated carbocycles. The van der Waals surface area contributed by atoms with E-state index >= 15 is 0 Å². The van der Waals surface area contributed by atoms with Crippen molar-refractivity contribution in [3.8, 4) is 0 Å². The van der Waals surface area contributed by atoms with Crippen LogP contribution in [0, 0.1) is 0 Å². The van der Waals surface area contributed by atoms with E-state index in [0.29, 0.717) is 0 Å². The van der Waals surface area contributed by atoms with E-state index in [1.807, 2.05) is 24.1 Å². The summed E-state index contributed by atoms with van der Waals surface area (Å²) in [5.41, 5.74) is 3.57. The molecule has 0 radical (unpaired) electrons. The predicted molar refractivity (Wildman–Crippen MR) is 73.5 cm³/mol. The smallest absolute Gasteiger partial charge is 0.0539 e. The molecule has 0 fully saturated rings. The summed E-state index contributed by atoms with van der Waals surface area (Å²) in [6.07, 6.45) is 5.98. The minimum absolute atomic E-state index is 0.798. The topological polar surface area (TPSA) is 34.8 Å². The summed E-state index contributed by atoms with van der Waals surface area (Å²) in [4.78, 5) is 0. The van der Waals surface area contributed by atoms with Gasteiger partial charge in [0.2, 0.25) is 0 Å². The van der Waals surface area contributed by atoms with E-state index in [0.717, 1.165) is 12.2 Å². The van der Waals surface area contributed by atoms with Crippen molar-refractivity contribution in [1.82, 2.24) is 14.3 Å². The monoisotopic (exact) mass is 240 g/mol. The third-order valence-corrected chi connectivity index (χ3v) is 3.14. The first-order valence-corrected chi connectivity index (χ1v) is 5.99. The molecule has 18 heavy (non-hydrogen) atoms. The number of hydrogen-bond acceptors (Lipinski definition) is 2. The van der Waals surface area contributed by atoms with E-state index in [1.165, 1.54) is 16.5 Å². The Morgan fingerprint density at radius 2 is 2.11 bits per heavy atom. The Hall–Kier alpha value is -2.23. The Morgan fingerprint density at radius 3 is 2.89 bits per heavy atom. The highest BCUT2D eigenvalue weighted by molar-refractivity contribution is 5.83. The van der Waals surface area contributed by atoms with Gasteiger partial charge < -0.3 is 9.88 Å². The molecule has 3 rings (SSSR count). The van der Waals surface area contributed by atoms with E-state index < -0.39 is 0 Å². The van der Waals surface area contributed by atoms with Crippen molar-refractivity contribution in [1.29, 1.82) is 0 Å². The van der Waals surface area contributed by atoms with Gasteiger partial charge in [-0.15, -0.1) is 0 Å². The Morgan fingerprint density at radius 1 is 1.22 bits per heavy atom. The van der Waals surface area contributed by atoms with E-state index in [2.05, 4.69) is 52.5 Å². The summed E-state index contributed by atoms with van der Waals surface area (Å²) < 4.78 is 3.94. The van der Waals surface area contributed by atoms with Crippen molar-refractivity contribution < 1.29 is 0 Å². The molecule has 1 aromatic carbocycles. The number of anilines is 1. The molecule has 0 unspecified atom stereocenters. The van der Waals surface area contributed by atoms with Crippen molar-refractivity contribution in [3.63, 3.8) is 0 Å². The molecule has 92 valence electrons.